The molecule has 0 radical (unpaired) electrons. The monoisotopic (exact) mass is 345 g/mol. The van der Waals surface area contributed by atoms with E-state index < -0.39 is 6.04 Å². The Bertz CT molecular complexity index is 634. The summed E-state index contributed by atoms with van der Waals surface area (Å²) < 4.78 is 17.8. The van der Waals surface area contributed by atoms with Crippen LogP contribution in [-0.4, -0.2) is 30.6 Å². The Balaban J connectivity index is 0.00000242. The third-order valence-electron chi connectivity index (χ3n) is 2.83. The number of carbonyl (C=O) groups excluding carboxylic acids is 1. The molecule has 8 heteroatoms. The van der Waals surface area contributed by atoms with Gasteiger partial charge in [0.15, 0.2) is 5.13 Å². The number of nitrogens with two attached hydrogens (primary N) is 1. The smallest absolute Gasteiger partial charge is 0.245 e. The second-order valence-electron chi connectivity index (χ2n) is 4.48. The van der Waals surface area contributed by atoms with Crippen molar-refractivity contribution in [2.45, 2.75) is 13.0 Å². The lowest BCUT2D eigenvalue weighted by atomic mass is 10.1. The molecular weight excluding hydrogens is 329 g/mol. The first-order chi connectivity index (χ1) is 10.0. The van der Waals surface area contributed by atoms with E-state index in [0.29, 0.717) is 5.13 Å². The van der Waals surface area contributed by atoms with Gasteiger partial charge in [-0.3, -0.25) is 4.79 Å². The molecule has 0 spiro atoms. The largest absolute Gasteiger partial charge is 0.383 e. The molecule has 0 aliphatic rings. The highest BCUT2D eigenvalue weighted by Gasteiger charge is 2.16. The summed E-state index contributed by atoms with van der Waals surface area (Å²) in [6, 6.07) is 5.31. The molecule has 1 heterocycles. The summed E-state index contributed by atoms with van der Waals surface area (Å²) in [5.41, 5.74) is 7.16. The van der Waals surface area contributed by atoms with Crippen molar-refractivity contribution in [1.29, 1.82) is 0 Å². The molecule has 3 N–H and O–H groups in total. The topological polar surface area (TPSA) is 77.2 Å². The number of halogens is 2. The molecule has 0 bridgehead atoms. The maximum absolute atomic E-state index is 12.9. The number of aryl methyl sites for hydroxylation is 1. The van der Waals surface area contributed by atoms with E-state index in [9.17, 15) is 9.18 Å². The number of ether oxygens (including phenoxy) is 1. The number of hydrogen-bond acceptors (Lipinski definition) is 5. The van der Waals surface area contributed by atoms with Gasteiger partial charge in [-0.05, 0) is 31.2 Å². The number of nitrogens with one attached hydrogen (secondary N) is 1. The molecule has 120 valence electrons. The first-order valence-electron chi connectivity index (χ1n) is 6.30. The molecule has 0 aliphatic heterocycles. The molecule has 1 amide bonds. The summed E-state index contributed by atoms with van der Waals surface area (Å²) in [6.45, 7) is 2.03. The predicted octanol–water partition coefficient (Wildman–Crippen LogP) is 2.59. The van der Waals surface area contributed by atoms with Crippen LogP contribution >= 0.6 is 23.7 Å². The van der Waals surface area contributed by atoms with Crippen molar-refractivity contribution in [2.24, 2.45) is 5.73 Å². The van der Waals surface area contributed by atoms with Crippen molar-refractivity contribution in [3.63, 3.8) is 0 Å². The lowest BCUT2D eigenvalue weighted by Gasteiger charge is -2.08. The minimum absolute atomic E-state index is 0. The molecule has 2 aromatic rings. The van der Waals surface area contributed by atoms with Crippen LogP contribution in [0.1, 0.15) is 4.88 Å². The standard InChI is InChI=1S/C14H16FN3O2S.ClH/c1-8-12(9-3-5-10(15)6-4-9)17-14(21-8)18-13(19)11(16)7-20-2;/h3-6,11H,7,16H2,1-2H3,(H,17,18,19);1H. The van der Waals surface area contributed by atoms with Gasteiger partial charge in [0, 0.05) is 17.6 Å². The Morgan fingerprint density at radius 3 is 2.68 bits per heavy atom. The van der Waals surface area contributed by atoms with Crippen LogP contribution in [0.3, 0.4) is 0 Å². The van der Waals surface area contributed by atoms with Gasteiger partial charge in [-0.2, -0.15) is 0 Å². The average Bonchev–Trinajstić information content (AvgIpc) is 2.80. The van der Waals surface area contributed by atoms with Crippen molar-refractivity contribution < 1.29 is 13.9 Å². The van der Waals surface area contributed by atoms with E-state index in [2.05, 4.69) is 10.3 Å². The minimum Gasteiger partial charge on any atom is -0.383 e. The molecular formula is C14H17ClFN3O2S. The highest BCUT2D eigenvalue weighted by atomic mass is 35.5. The van der Waals surface area contributed by atoms with Gasteiger partial charge < -0.3 is 15.8 Å². The summed E-state index contributed by atoms with van der Waals surface area (Å²) in [5.74, 6) is -0.651. The molecule has 2 rings (SSSR count). The zero-order chi connectivity index (χ0) is 15.4. The number of amides is 1. The van der Waals surface area contributed by atoms with E-state index in [1.807, 2.05) is 6.92 Å². The normalized spacial score (nSPS) is 11.6. The van der Waals surface area contributed by atoms with E-state index >= 15 is 0 Å². The van der Waals surface area contributed by atoms with Crippen molar-refractivity contribution >= 4 is 34.8 Å². The van der Waals surface area contributed by atoms with Crippen LogP contribution in [0.15, 0.2) is 24.3 Å². The zero-order valence-electron chi connectivity index (χ0n) is 12.1. The Kier molecular flexibility index (Phi) is 6.89. The molecule has 0 fully saturated rings. The number of aromatic nitrogens is 1. The van der Waals surface area contributed by atoms with Gasteiger partial charge in [0.05, 0.1) is 12.3 Å². The summed E-state index contributed by atoms with van der Waals surface area (Å²) in [5, 5.41) is 3.12. The molecule has 0 aliphatic carbocycles. The van der Waals surface area contributed by atoms with Crippen LogP contribution in [0.5, 0.6) is 0 Å². The summed E-state index contributed by atoms with van der Waals surface area (Å²) in [6.07, 6.45) is 0. The Hall–Kier alpha value is -1.54. The van der Waals surface area contributed by atoms with Crippen LogP contribution in [0.25, 0.3) is 11.3 Å². The number of thiazole rings is 1. The number of rotatable bonds is 5. The van der Waals surface area contributed by atoms with Gasteiger partial charge in [0.25, 0.3) is 0 Å². The number of carbonyl (C=O) groups is 1. The third-order valence-corrected chi connectivity index (χ3v) is 3.71. The van der Waals surface area contributed by atoms with Crippen LogP contribution in [0.4, 0.5) is 9.52 Å². The number of nitrogens with zero attached hydrogens (tertiary/aromatic N) is 1. The molecule has 0 saturated heterocycles. The fourth-order valence-electron chi connectivity index (χ4n) is 1.78. The summed E-state index contributed by atoms with van der Waals surface area (Å²) in [4.78, 5) is 17.1. The van der Waals surface area contributed by atoms with Gasteiger partial charge in [-0.15, -0.1) is 23.7 Å². The van der Waals surface area contributed by atoms with Crippen LogP contribution in [0.2, 0.25) is 0 Å². The van der Waals surface area contributed by atoms with Gasteiger partial charge in [-0.1, -0.05) is 0 Å². The second kappa shape index (κ2) is 8.19. The lowest BCUT2D eigenvalue weighted by molar-refractivity contribution is -0.118. The van der Waals surface area contributed by atoms with E-state index in [1.165, 1.54) is 30.6 Å². The van der Waals surface area contributed by atoms with Gasteiger partial charge in [0.1, 0.15) is 11.9 Å². The number of anilines is 1. The zero-order valence-corrected chi connectivity index (χ0v) is 13.8. The van der Waals surface area contributed by atoms with Gasteiger partial charge in [0.2, 0.25) is 5.91 Å². The molecule has 5 nitrogen and oxygen atoms in total. The quantitative estimate of drug-likeness (QED) is 0.873. The first-order valence-corrected chi connectivity index (χ1v) is 7.11. The van der Waals surface area contributed by atoms with E-state index in [-0.39, 0.29) is 30.7 Å². The van der Waals surface area contributed by atoms with E-state index in [4.69, 9.17) is 10.5 Å². The van der Waals surface area contributed by atoms with Gasteiger partial charge in [-0.25, -0.2) is 9.37 Å². The Morgan fingerprint density at radius 2 is 2.09 bits per heavy atom. The van der Waals surface area contributed by atoms with Crippen LogP contribution < -0.4 is 11.1 Å². The van der Waals surface area contributed by atoms with Crippen molar-refractivity contribution in [1.82, 2.24) is 4.98 Å². The predicted molar refractivity (Wildman–Crippen MR) is 88.0 cm³/mol. The maximum atomic E-state index is 12.9. The summed E-state index contributed by atoms with van der Waals surface area (Å²) >= 11 is 1.34. The van der Waals surface area contributed by atoms with Crippen molar-refractivity contribution in [2.75, 3.05) is 19.0 Å². The SMILES string of the molecule is COCC(N)C(=O)Nc1nc(-c2ccc(F)cc2)c(C)s1.Cl. The van der Waals surface area contributed by atoms with Crippen LogP contribution in [-0.2, 0) is 9.53 Å². The molecule has 1 aromatic heterocycles. The fourth-order valence-corrected chi connectivity index (χ4v) is 2.62. The third kappa shape index (κ3) is 4.48. The molecule has 1 unspecified atom stereocenters. The van der Waals surface area contributed by atoms with Gasteiger partial charge >= 0.3 is 0 Å². The fraction of sp³-hybridized carbons (Fsp3) is 0.286. The first kappa shape index (κ1) is 18.5. The molecule has 22 heavy (non-hydrogen) atoms. The minimum atomic E-state index is -0.742. The van der Waals surface area contributed by atoms with Crippen LogP contribution in [0, 0.1) is 12.7 Å². The number of methoxy groups -OCH3 is 1. The molecule has 1 aromatic carbocycles. The van der Waals surface area contributed by atoms with Crippen molar-refractivity contribution in [3.8, 4) is 11.3 Å². The van der Waals surface area contributed by atoms with E-state index in [1.54, 1.807) is 12.1 Å². The summed E-state index contributed by atoms with van der Waals surface area (Å²) in [7, 11) is 1.48. The highest BCUT2D eigenvalue weighted by Crippen LogP contribution is 2.30. The average molecular weight is 346 g/mol. The highest BCUT2D eigenvalue weighted by molar-refractivity contribution is 7.16. The molecule has 0 saturated carbocycles. The Labute approximate surface area is 138 Å². The second-order valence-corrected chi connectivity index (χ2v) is 5.68. The van der Waals surface area contributed by atoms with Crippen molar-refractivity contribution in [3.05, 3.63) is 35.0 Å². The number of benzene rings is 1. The number of hydrogen-bond donors (Lipinski definition) is 2. The van der Waals surface area contributed by atoms with E-state index in [0.717, 1.165) is 16.1 Å². The maximum Gasteiger partial charge on any atom is 0.245 e. The Morgan fingerprint density at radius 1 is 1.45 bits per heavy atom. The molecule has 1 atom stereocenters. The lowest BCUT2D eigenvalue weighted by Crippen LogP contribution is -2.39.